The van der Waals surface area contributed by atoms with Gasteiger partial charge in [-0.3, -0.25) is 9.59 Å². The summed E-state index contributed by atoms with van der Waals surface area (Å²) in [5.41, 5.74) is 2.21. The van der Waals surface area contributed by atoms with Crippen LogP contribution in [0.1, 0.15) is 34.3 Å². The maximum atomic E-state index is 13.5. The van der Waals surface area contributed by atoms with Gasteiger partial charge >= 0.3 is 0 Å². The summed E-state index contributed by atoms with van der Waals surface area (Å²) in [6.07, 6.45) is 1.06. The highest BCUT2D eigenvalue weighted by Gasteiger charge is 2.34. The van der Waals surface area contributed by atoms with E-state index in [-0.39, 0.29) is 30.2 Å². The van der Waals surface area contributed by atoms with Crippen LogP contribution < -0.4 is 24.3 Å². The zero-order valence-electron chi connectivity index (χ0n) is 22.8. The van der Waals surface area contributed by atoms with E-state index in [9.17, 15) is 9.59 Å². The average molecular weight is 548 g/mol. The number of fused-ring (bicyclic) bond motifs is 5. The van der Waals surface area contributed by atoms with Gasteiger partial charge in [0.1, 0.15) is 11.3 Å². The quantitative estimate of drug-likeness (QED) is 0.526. The standard InChI is InChI=1S/C30H33N3O7/c1-36-25-10-7-19-8-11-27(34)31-23-17-33(30(35)22-9-12-28(37-2)32-29(22)38-3)14-13-24(23)39-18-20-5-4-6-21(15-20)40-26(25)16-19/h4-7,9-10,12,15-16,23-24H,8,11,13-14,17-18H2,1-3H3,(H,31,34)/t23-,24+/m0/s1. The molecule has 10 heteroatoms. The largest absolute Gasteiger partial charge is 0.493 e. The van der Waals surface area contributed by atoms with E-state index in [1.807, 2.05) is 42.5 Å². The zero-order valence-corrected chi connectivity index (χ0v) is 22.8. The highest BCUT2D eigenvalue weighted by molar-refractivity contribution is 5.96. The van der Waals surface area contributed by atoms with Crippen LogP contribution in [0.2, 0.25) is 0 Å². The fourth-order valence-electron chi connectivity index (χ4n) is 5.00. The number of carbonyl (C=O) groups is 2. The number of benzene rings is 2. The Morgan fingerprint density at radius 3 is 2.67 bits per heavy atom. The van der Waals surface area contributed by atoms with Gasteiger partial charge in [0.15, 0.2) is 11.5 Å². The van der Waals surface area contributed by atoms with Crippen molar-refractivity contribution < 1.29 is 33.3 Å². The Morgan fingerprint density at radius 2 is 1.88 bits per heavy atom. The smallest absolute Gasteiger partial charge is 0.259 e. The van der Waals surface area contributed by atoms with Crippen molar-refractivity contribution in [1.29, 1.82) is 0 Å². The number of aromatic nitrogens is 1. The van der Waals surface area contributed by atoms with Crippen molar-refractivity contribution in [2.45, 2.75) is 38.0 Å². The summed E-state index contributed by atoms with van der Waals surface area (Å²) >= 11 is 0. The summed E-state index contributed by atoms with van der Waals surface area (Å²) in [5.74, 6) is 2.05. The van der Waals surface area contributed by atoms with Gasteiger partial charge < -0.3 is 33.9 Å². The van der Waals surface area contributed by atoms with Crippen molar-refractivity contribution in [2.24, 2.45) is 0 Å². The van der Waals surface area contributed by atoms with Crippen molar-refractivity contribution in [3.63, 3.8) is 0 Å². The van der Waals surface area contributed by atoms with E-state index >= 15 is 0 Å². The van der Waals surface area contributed by atoms with Gasteiger partial charge in [-0.25, -0.2) is 0 Å². The van der Waals surface area contributed by atoms with Crippen LogP contribution in [0.15, 0.2) is 54.6 Å². The molecule has 3 heterocycles. The Bertz CT molecular complexity index is 1380. The predicted molar refractivity (Wildman–Crippen MR) is 146 cm³/mol. The molecule has 210 valence electrons. The highest BCUT2D eigenvalue weighted by atomic mass is 16.5. The Balaban J connectivity index is 1.38. The molecule has 0 saturated carbocycles. The highest BCUT2D eigenvalue weighted by Crippen LogP contribution is 2.33. The van der Waals surface area contributed by atoms with E-state index in [1.54, 1.807) is 24.1 Å². The Labute approximate surface area is 233 Å². The van der Waals surface area contributed by atoms with E-state index in [2.05, 4.69) is 10.3 Å². The summed E-state index contributed by atoms with van der Waals surface area (Å²) in [5, 5.41) is 3.13. The number of nitrogens with zero attached hydrogens (tertiary/aromatic N) is 2. The van der Waals surface area contributed by atoms with Gasteiger partial charge in [0.25, 0.3) is 5.91 Å². The molecule has 4 bridgehead atoms. The van der Waals surface area contributed by atoms with Crippen molar-refractivity contribution in [1.82, 2.24) is 15.2 Å². The second-order valence-corrected chi connectivity index (χ2v) is 9.71. The Hall–Kier alpha value is -4.31. The number of hydrogen-bond donors (Lipinski definition) is 1. The lowest BCUT2D eigenvalue weighted by molar-refractivity contribution is -0.124. The number of amides is 2. The van der Waals surface area contributed by atoms with E-state index in [0.717, 1.165) is 11.1 Å². The van der Waals surface area contributed by atoms with Crippen molar-refractivity contribution >= 4 is 11.8 Å². The fourth-order valence-corrected chi connectivity index (χ4v) is 5.00. The van der Waals surface area contributed by atoms with Crippen LogP contribution >= 0.6 is 0 Å². The van der Waals surface area contributed by atoms with Crippen LogP contribution in [0.4, 0.5) is 0 Å². The average Bonchev–Trinajstić information content (AvgIpc) is 2.98. The zero-order chi connectivity index (χ0) is 28.1. The minimum atomic E-state index is -0.390. The third-order valence-corrected chi connectivity index (χ3v) is 7.11. The second-order valence-electron chi connectivity index (χ2n) is 9.71. The molecule has 1 saturated heterocycles. The minimum Gasteiger partial charge on any atom is -0.493 e. The van der Waals surface area contributed by atoms with Crippen LogP contribution in [-0.2, 0) is 22.6 Å². The molecule has 1 fully saturated rings. The number of rotatable bonds is 4. The van der Waals surface area contributed by atoms with E-state index in [1.165, 1.54) is 14.2 Å². The molecule has 2 aliphatic rings. The van der Waals surface area contributed by atoms with Gasteiger partial charge in [0.05, 0.1) is 40.1 Å². The molecule has 0 unspecified atom stereocenters. The number of nitrogens with one attached hydrogen (secondary N) is 1. The molecule has 5 rings (SSSR count). The van der Waals surface area contributed by atoms with Gasteiger partial charge in [-0.2, -0.15) is 4.98 Å². The molecule has 2 aromatic carbocycles. The first-order valence-corrected chi connectivity index (χ1v) is 13.2. The third-order valence-electron chi connectivity index (χ3n) is 7.11. The number of hydrogen-bond acceptors (Lipinski definition) is 8. The van der Waals surface area contributed by atoms with Crippen LogP contribution in [0, 0.1) is 0 Å². The fraction of sp³-hybridized carbons (Fsp3) is 0.367. The SMILES string of the molecule is COc1ccc(C(=O)N2CC[C@H]3OCc4cccc(c4)Oc4cc(ccc4OC)CCC(=O)N[C@H]3C2)c(OC)n1. The molecule has 2 amide bonds. The van der Waals surface area contributed by atoms with Gasteiger partial charge in [0, 0.05) is 25.6 Å². The first-order chi connectivity index (χ1) is 19.5. The molecule has 1 aromatic heterocycles. The Kier molecular flexibility index (Phi) is 8.35. The molecule has 0 spiro atoms. The molecule has 2 atom stereocenters. The van der Waals surface area contributed by atoms with E-state index < -0.39 is 6.04 Å². The number of methoxy groups -OCH3 is 3. The number of aryl methyl sites for hydroxylation is 1. The van der Waals surface area contributed by atoms with Gasteiger partial charge in [0.2, 0.25) is 17.7 Å². The van der Waals surface area contributed by atoms with E-state index in [0.29, 0.717) is 61.2 Å². The lowest BCUT2D eigenvalue weighted by atomic mass is 10.00. The molecule has 2 aliphatic heterocycles. The number of pyridine rings is 1. The van der Waals surface area contributed by atoms with Crippen molar-refractivity contribution in [3.8, 4) is 29.0 Å². The summed E-state index contributed by atoms with van der Waals surface area (Å²) < 4.78 is 28.5. The van der Waals surface area contributed by atoms with Gasteiger partial charge in [-0.1, -0.05) is 18.2 Å². The molecular weight excluding hydrogens is 514 g/mol. The van der Waals surface area contributed by atoms with Gasteiger partial charge in [-0.05, 0) is 54.3 Å². The molecular formula is C30H33N3O7. The topological polar surface area (TPSA) is 108 Å². The molecule has 0 aliphatic carbocycles. The van der Waals surface area contributed by atoms with Gasteiger partial charge in [-0.15, -0.1) is 0 Å². The lowest BCUT2D eigenvalue weighted by Crippen LogP contribution is -2.57. The first-order valence-electron chi connectivity index (χ1n) is 13.2. The van der Waals surface area contributed by atoms with Crippen molar-refractivity contribution in [3.05, 3.63) is 71.3 Å². The molecule has 10 nitrogen and oxygen atoms in total. The van der Waals surface area contributed by atoms with E-state index in [4.69, 9.17) is 23.7 Å². The van der Waals surface area contributed by atoms with Crippen LogP contribution in [0.3, 0.4) is 0 Å². The number of likely N-dealkylation sites (tertiary alicyclic amines) is 1. The maximum absolute atomic E-state index is 13.5. The van der Waals surface area contributed by atoms with Crippen LogP contribution in [0.5, 0.6) is 29.0 Å². The number of piperidine rings is 1. The molecule has 1 N–H and O–H groups in total. The van der Waals surface area contributed by atoms with Crippen molar-refractivity contribution in [2.75, 3.05) is 34.4 Å². The van der Waals surface area contributed by atoms with Crippen LogP contribution in [0.25, 0.3) is 0 Å². The third kappa shape index (κ3) is 6.12. The Morgan fingerprint density at radius 1 is 1.00 bits per heavy atom. The summed E-state index contributed by atoms with van der Waals surface area (Å²) in [6.45, 7) is 1.08. The number of ether oxygens (including phenoxy) is 5. The normalized spacial score (nSPS) is 19.2. The lowest BCUT2D eigenvalue weighted by Gasteiger charge is -2.39. The number of carbonyl (C=O) groups excluding carboxylic acids is 2. The first kappa shape index (κ1) is 27.3. The summed E-state index contributed by atoms with van der Waals surface area (Å²) in [6, 6.07) is 16.2. The summed E-state index contributed by atoms with van der Waals surface area (Å²) in [4.78, 5) is 32.5. The molecule has 40 heavy (non-hydrogen) atoms. The molecule has 3 aromatic rings. The van der Waals surface area contributed by atoms with Crippen LogP contribution in [-0.4, -0.2) is 68.3 Å². The maximum Gasteiger partial charge on any atom is 0.259 e. The predicted octanol–water partition coefficient (Wildman–Crippen LogP) is 3.76. The minimum absolute atomic E-state index is 0.120. The summed E-state index contributed by atoms with van der Waals surface area (Å²) in [7, 11) is 4.56. The molecule has 0 radical (unpaired) electrons. The monoisotopic (exact) mass is 547 g/mol. The second kappa shape index (κ2) is 12.3.